The predicted octanol–water partition coefficient (Wildman–Crippen LogP) is 3.02. The molecule has 0 unspecified atom stereocenters. The number of piperidine rings is 2. The molecular formula is C16H29N3. The van der Waals surface area contributed by atoms with Gasteiger partial charge in [-0.05, 0) is 73.5 Å². The summed E-state index contributed by atoms with van der Waals surface area (Å²) in [7, 11) is 2.21. The van der Waals surface area contributed by atoms with Gasteiger partial charge in [0.05, 0.1) is 6.07 Å². The van der Waals surface area contributed by atoms with E-state index in [9.17, 15) is 5.26 Å². The second-order valence-corrected chi connectivity index (χ2v) is 7.73. The molecule has 2 heterocycles. The third-order valence-corrected chi connectivity index (χ3v) is 5.44. The third kappa shape index (κ3) is 2.53. The SMILES string of the molecule is CN1C(C)(C)CC(C#N)(N2CCCCC2)CC1(C)C. The van der Waals surface area contributed by atoms with E-state index < -0.39 is 0 Å². The van der Waals surface area contributed by atoms with Gasteiger partial charge in [-0.25, -0.2) is 0 Å². The van der Waals surface area contributed by atoms with Gasteiger partial charge in [-0.1, -0.05) is 6.42 Å². The molecule has 2 fully saturated rings. The lowest BCUT2D eigenvalue weighted by Crippen LogP contribution is -2.68. The van der Waals surface area contributed by atoms with Crippen LogP contribution in [-0.2, 0) is 0 Å². The van der Waals surface area contributed by atoms with Crippen molar-refractivity contribution in [2.45, 2.75) is 76.4 Å². The van der Waals surface area contributed by atoms with Crippen molar-refractivity contribution in [2.24, 2.45) is 0 Å². The van der Waals surface area contributed by atoms with Crippen LogP contribution in [0.25, 0.3) is 0 Å². The second kappa shape index (κ2) is 4.75. The summed E-state index contributed by atoms with van der Waals surface area (Å²) in [5.41, 5.74) is -0.107. The fourth-order valence-corrected chi connectivity index (χ4v) is 4.25. The summed E-state index contributed by atoms with van der Waals surface area (Å²) >= 11 is 0. The quantitative estimate of drug-likeness (QED) is 0.728. The predicted molar refractivity (Wildman–Crippen MR) is 78.9 cm³/mol. The maximum absolute atomic E-state index is 9.93. The Kier molecular flexibility index (Phi) is 3.70. The van der Waals surface area contributed by atoms with E-state index in [4.69, 9.17) is 0 Å². The molecule has 2 aliphatic heterocycles. The molecule has 0 N–H and O–H groups in total. The van der Waals surface area contributed by atoms with Gasteiger partial charge < -0.3 is 0 Å². The number of nitriles is 1. The molecule has 108 valence electrons. The van der Waals surface area contributed by atoms with Gasteiger partial charge in [0.15, 0.2) is 0 Å². The Morgan fingerprint density at radius 3 is 1.79 bits per heavy atom. The Morgan fingerprint density at radius 2 is 1.37 bits per heavy atom. The topological polar surface area (TPSA) is 30.3 Å². The summed E-state index contributed by atoms with van der Waals surface area (Å²) in [6, 6.07) is 2.72. The van der Waals surface area contributed by atoms with Crippen molar-refractivity contribution < 1.29 is 0 Å². The molecule has 3 heteroatoms. The first-order valence-corrected chi connectivity index (χ1v) is 7.64. The van der Waals surface area contributed by atoms with Crippen molar-refractivity contribution in [3.05, 3.63) is 0 Å². The maximum atomic E-state index is 9.93. The number of hydrogen-bond acceptors (Lipinski definition) is 3. The molecule has 0 spiro atoms. The van der Waals surface area contributed by atoms with Crippen molar-refractivity contribution in [2.75, 3.05) is 20.1 Å². The van der Waals surface area contributed by atoms with Crippen molar-refractivity contribution in [1.29, 1.82) is 5.26 Å². The van der Waals surface area contributed by atoms with Crippen LogP contribution >= 0.6 is 0 Å². The number of rotatable bonds is 1. The van der Waals surface area contributed by atoms with Crippen molar-refractivity contribution in [3.63, 3.8) is 0 Å². The fourth-order valence-electron chi connectivity index (χ4n) is 4.25. The molecule has 2 aliphatic rings. The molecule has 3 nitrogen and oxygen atoms in total. The number of likely N-dealkylation sites (tertiary alicyclic amines) is 2. The molecule has 0 aromatic heterocycles. The molecule has 2 saturated heterocycles. The lowest BCUT2D eigenvalue weighted by atomic mass is 9.68. The van der Waals surface area contributed by atoms with E-state index in [1.807, 2.05) is 0 Å². The normalized spacial score (nSPS) is 30.7. The van der Waals surface area contributed by atoms with Crippen LogP contribution in [-0.4, -0.2) is 46.6 Å². The second-order valence-electron chi connectivity index (χ2n) is 7.73. The van der Waals surface area contributed by atoms with E-state index in [2.05, 4.69) is 50.6 Å². The van der Waals surface area contributed by atoms with Crippen LogP contribution in [0.15, 0.2) is 0 Å². The minimum atomic E-state index is -0.264. The molecule has 0 aliphatic carbocycles. The van der Waals surface area contributed by atoms with Crippen LogP contribution in [0.3, 0.4) is 0 Å². The van der Waals surface area contributed by atoms with Gasteiger partial charge >= 0.3 is 0 Å². The largest absolute Gasteiger partial charge is 0.296 e. The standard InChI is InChI=1S/C16H29N3/c1-14(2)11-16(13-17,12-15(3,4)18(14)5)19-9-7-6-8-10-19/h6-12H2,1-5H3. The fraction of sp³-hybridized carbons (Fsp3) is 0.938. The Balaban J connectivity index is 2.33. The maximum Gasteiger partial charge on any atom is 0.112 e. The van der Waals surface area contributed by atoms with Crippen molar-refractivity contribution in [3.8, 4) is 6.07 Å². The van der Waals surface area contributed by atoms with Crippen molar-refractivity contribution >= 4 is 0 Å². The summed E-state index contributed by atoms with van der Waals surface area (Å²) in [6.07, 6.45) is 5.73. The zero-order chi connectivity index (χ0) is 14.3. The van der Waals surface area contributed by atoms with E-state index in [0.717, 1.165) is 25.9 Å². The average Bonchev–Trinajstić information content (AvgIpc) is 2.36. The van der Waals surface area contributed by atoms with Gasteiger partial charge in [0, 0.05) is 11.1 Å². The third-order valence-electron chi connectivity index (χ3n) is 5.44. The van der Waals surface area contributed by atoms with Crippen LogP contribution in [0.4, 0.5) is 0 Å². The van der Waals surface area contributed by atoms with Crippen LogP contribution in [0, 0.1) is 11.3 Å². The first-order chi connectivity index (χ1) is 8.73. The Labute approximate surface area is 118 Å². The minimum absolute atomic E-state index is 0.0783. The molecule has 0 saturated carbocycles. The first-order valence-electron chi connectivity index (χ1n) is 7.64. The van der Waals surface area contributed by atoms with Gasteiger partial charge in [0.1, 0.15) is 5.54 Å². The molecule has 19 heavy (non-hydrogen) atoms. The van der Waals surface area contributed by atoms with Crippen LogP contribution in [0.1, 0.15) is 59.8 Å². The van der Waals surface area contributed by atoms with E-state index in [1.54, 1.807) is 0 Å². The van der Waals surface area contributed by atoms with E-state index in [-0.39, 0.29) is 16.6 Å². The molecule has 0 atom stereocenters. The summed E-state index contributed by atoms with van der Waals surface area (Å²) < 4.78 is 0. The Morgan fingerprint density at radius 1 is 0.895 bits per heavy atom. The highest BCUT2D eigenvalue weighted by molar-refractivity contribution is 5.19. The highest BCUT2D eigenvalue weighted by Gasteiger charge is 2.53. The highest BCUT2D eigenvalue weighted by Crippen LogP contribution is 2.45. The summed E-state index contributed by atoms with van der Waals surface area (Å²) in [5.74, 6) is 0. The van der Waals surface area contributed by atoms with Crippen LogP contribution in [0.5, 0.6) is 0 Å². The van der Waals surface area contributed by atoms with E-state index in [0.29, 0.717) is 0 Å². The minimum Gasteiger partial charge on any atom is -0.296 e. The molecular weight excluding hydrogens is 234 g/mol. The highest BCUT2D eigenvalue weighted by atomic mass is 15.3. The van der Waals surface area contributed by atoms with Gasteiger partial charge in [-0.3, -0.25) is 9.80 Å². The monoisotopic (exact) mass is 263 g/mol. The molecule has 0 amide bonds. The number of nitrogens with zero attached hydrogens (tertiary/aromatic N) is 3. The summed E-state index contributed by atoms with van der Waals surface area (Å²) in [4.78, 5) is 4.94. The smallest absolute Gasteiger partial charge is 0.112 e. The lowest BCUT2D eigenvalue weighted by molar-refractivity contribution is -0.0773. The zero-order valence-electron chi connectivity index (χ0n) is 13.3. The van der Waals surface area contributed by atoms with Crippen molar-refractivity contribution in [1.82, 2.24) is 9.80 Å². The van der Waals surface area contributed by atoms with Crippen LogP contribution in [0.2, 0.25) is 0 Å². The zero-order valence-corrected chi connectivity index (χ0v) is 13.3. The Bertz CT molecular complexity index is 354. The van der Waals surface area contributed by atoms with E-state index >= 15 is 0 Å². The number of hydrogen-bond donors (Lipinski definition) is 0. The lowest BCUT2D eigenvalue weighted by Gasteiger charge is -2.59. The van der Waals surface area contributed by atoms with Gasteiger partial charge in [0.2, 0.25) is 0 Å². The van der Waals surface area contributed by atoms with Gasteiger partial charge in [-0.2, -0.15) is 5.26 Å². The first kappa shape index (κ1) is 14.8. The molecule has 0 aromatic carbocycles. The van der Waals surface area contributed by atoms with Gasteiger partial charge in [0.25, 0.3) is 0 Å². The van der Waals surface area contributed by atoms with E-state index in [1.165, 1.54) is 19.3 Å². The average molecular weight is 263 g/mol. The molecule has 0 aromatic rings. The summed E-state index contributed by atoms with van der Waals surface area (Å²) in [6.45, 7) is 11.3. The summed E-state index contributed by atoms with van der Waals surface area (Å²) in [5, 5.41) is 9.93. The Hall–Kier alpha value is -0.590. The van der Waals surface area contributed by atoms with Gasteiger partial charge in [-0.15, -0.1) is 0 Å². The van der Waals surface area contributed by atoms with Crippen LogP contribution < -0.4 is 0 Å². The molecule has 2 rings (SSSR count). The molecule has 0 radical (unpaired) electrons. The molecule has 0 bridgehead atoms.